The van der Waals surface area contributed by atoms with Gasteiger partial charge >= 0.3 is 0 Å². The van der Waals surface area contributed by atoms with Gasteiger partial charge in [0.1, 0.15) is 34.3 Å². The number of hydrogen-bond donors (Lipinski definition) is 1. The van der Waals surface area contributed by atoms with Crippen LogP contribution in [0, 0.1) is 0 Å². The van der Waals surface area contributed by atoms with E-state index in [0.29, 0.717) is 39.5 Å². The van der Waals surface area contributed by atoms with E-state index >= 15 is 0 Å². The number of benzene rings is 4. The third-order valence-corrected chi connectivity index (χ3v) is 5.78. The van der Waals surface area contributed by atoms with Gasteiger partial charge in [0.2, 0.25) is 0 Å². The van der Waals surface area contributed by atoms with Crippen LogP contribution in [0.5, 0.6) is 23.0 Å². The van der Waals surface area contributed by atoms with Gasteiger partial charge in [0.15, 0.2) is 11.2 Å². The standard InChI is InChI=1S/C17H14O4.C14H12O3/c1-19-12-5-3-4-11(8-12)16-10-15(18)14-7-6-13(20-2)9-17(14)21-16;1-17-11-7-8-12(13(15)9-11)14(16)10-5-3-2-4-6-10/h3-10H,1-2H3;2-9,15H,1H3. The minimum absolute atomic E-state index is 0.0711. The minimum atomic E-state index is -0.203. The van der Waals surface area contributed by atoms with Crippen LogP contribution < -0.4 is 19.6 Å². The number of fused-ring (bicyclic) bond motifs is 1. The van der Waals surface area contributed by atoms with E-state index in [9.17, 15) is 14.7 Å². The van der Waals surface area contributed by atoms with E-state index < -0.39 is 0 Å². The van der Waals surface area contributed by atoms with Gasteiger partial charge in [0.05, 0.1) is 32.3 Å². The van der Waals surface area contributed by atoms with E-state index in [0.717, 1.165) is 5.56 Å². The second kappa shape index (κ2) is 11.8. The number of carbonyl (C=O) groups excluding carboxylic acids is 1. The fourth-order valence-electron chi connectivity index (χ4n) is 3.76. The molecule has 5 aromatic rings. The molecule has 0 bridgehead atoms. The van der Waals surface area contributed by atoms with Gasteiger partial charge in [-0.3, -0.25) is 9.59 Å². The topological polar surface area (TPSA) is 95.2 Å². The maximum absolute atomic E-state index is 12.2. The Bertz CT molecular complexity index is 1620. The van der Waals surface area contributed by atoms with Crippen LogP contribution >= 0.6 is 0 Å². The van der Waals surface area contributed by atoms with Crippen LogP contribution in [-0.2, 0) is 0 Å². The van der Waals surface area contributed by atoms with Gasteiger partial charge in [0, 0.05) is 29.3 Å². The maximum atomic E-state index is 12.2. The molecular formula is C31H26O7. The number of hydrogen-bond acceptors (Lipinski definition) is 7. The van der Waals surface area contributed by atoms with Crippen molar-refractivity contribution in [3.63, 3.8) is 0 Å². The van der Waals surface area contributed by atoms with Crippen LogP contribution in [0.1, 0.15) is 15.9 Å². The Labute approximate surface area is 219 Å². The van der Waals surface area contributed by atoms with Crippen LogP contribution in [0.25, 0.3) is 22.3 Å². The molecular weight excluding hydrogens is 484 g/mol. The molecule has 192 valence electrons. The first kappa shape index (κ1) is 26.0. The third-order valence-electron chi connectivity index (χ3n) is 5.78. The lowest BCUT2D eigenvalue weighted by Crippen LogP contribution is -2.01. The van der Waals surface area contributed by atoms with Gasteiger partial charge in [-0.05, 0) is 36.4 Å². The van der Waals surface area contributed by atoms with Crippen molar-refractivity contribution in [3.8, 4) is 34.3 Å². The third kappa shape index (κ3) is 5.84. The molecule has 0 aliphatic rings. The van der Waals surface area contributed by atoms with E-state index in [-0.39, 0.29) is 22.5 Å². The predicted octanol–water partition coefficient (Wildman–Crippen LogP) is 6.11. The average molecular weight is 511 g/mol. The second-order valence-electron chi connectivity index (χ2n) is 8.15. The molecule has 0 aliphatic heterocycles. The molecule has 0 amide bonds. The van der Waals surface area contributed by atoms with Gasteiger partial charge in [-0.1, -0.05) is 42.5 Å². The molecule has 0 atom stereocenters. The van der Waals surface area contributed by atoms with E-state index in [2.05, 4.69) is 0 Å². The van der Waals surface area contributed by atoms with Crippen molar-refractivity contribution in [2.24, 2.45) is 0 Å². The highest BCUT2D eigenvalue weighted by atomic mass is 16.5. The highest BCUT2D eigenvalue weighted by molar-refractivity contribution is 6.10. The van der Waals surface area contributed by atoms with Crippen molar-refractivity contribution < 1.29 is 28.5 Å². The van der Waals surface area contributed by atoms with Crippen LogP contribution in [0.4, 0.5) is 0 Å². The van der Waals surface area contributed by atoms with Crippen LogP contribution in [-0.4, -0.2) is 32.2 Å². The van der Waals surface area contributed by atoms with Crippen LogP contribution in [0.3, 0.4) is 0 Å². The summed E-state index contributed by atoms with van der Waals surface area (Å²) < 4.78 is 21.2. The lowest BCUT2D eigenvalue weighted by atomic mass is 10.0. The highest BCUT2D eigenvalue weighted by Gasteiger charge is 2.13. The number of ketones is 1. The van der Waals surface area contributed by atoms with Gasteiger partial charge < -0.3 is 23.7 Å². The lowest BCUT2D eigenvalue weighted by Gasteiger charge is -2.06. The summed E-state index contributed by atoms with van der Waals surface area (Å²) in [7, 11) is 4.68. The number of aromatic hydroxyl groups is 1. The normalized spacial score (nSPS) is 10.3. The zero-order chi connectivity index (χ0) is 27.1. The Morgan fingerprint density at radius 3 is 2.05 bits per heavy atom. The van der Waals surface area contributed by atoms with Crippen molar-refractivity contribution in [2.45, 2.75) is 0 Å². The second-order valence-corrected chi connectivity index (χ2v) is 8.15. The van der Waals surface area contributed by atoms with E-state index in [1.807, 2.05) is 30.3 Å². The number of rotatable bonds is 6. The molecule has 7 heteroatoms. The fraction of sp³-hybridized carbons (Fsp3) is 0.0968. The molecule has 4 aromatic carbocycles. The summed E-state index contributed by atoms with van der Waals surface area (Å²) in [5, 5.41) is 10.3. The molecule has 0 fully saturated rings. The van der Waals surface area contributed by atoms with E-state index in [1.54, 1.807) is 68.8 Å². The fourth-order valence-corrected chi connectivity index (χ4v) is 3.76. The summed E-state index contributed by atoms with van der Waals surface area (Å²) in [6.07, 6.45) is 0. The number of methoxy groups -OCH3 is 3. The Morgan fingerprint density at radius 1 is 0.711 bits per heavy atom. The number of phenolic OH excluding ortho intramolecular Hbond substituents is 1. The molecule has 0 aliphatic carbocycles. The first-order valence-corrected chi connectivity index (χ1v) is 11.7. The van der Waals surface area contributed by atoms with Crippen molar-refractivity contribution in [1.82, 2.24) is 0 Å². The minimum Gasteiger partial charge on any atom is -0.507 e. The number of carbonyl (C=O) groups is 1. The van der Waals surface area contributed by atoms with Gasteiger partial charge in [-0.2, -0.15) is 0 Å². The molecule has 1 N–H and O–H groups in total. The zero-order valence-corrected chi connectivity index (χ0v) is 21.1. The van der Waals surface area contributed by atoms with Crippen LogP contribution in [0.2, 0.25) is 0 Å². The summed E-state index contributed by atoms with van der Waals surface area (Å²) in [6.45, 7) is 0. The Hall–Kier alpha value is -5.04. The first-order valence-electron chi connectivity index (χ1n) is 11.7. The Kier molecular flexibility index (Phi) is 8.08. The maximum Gasteiger partial charge on any atom is 0.196 e. The summed E-state index contributed by atoms with van der Waals surface area (Å²) >= 11 is 0. The van der Waals surface area contributed by atoms with Crippen molar-refractivity contribution in [1.29, 1.82) is 0 Å². The lowest BCUT2D eigenvalue weighted by molar-refractivity contribution is 0.103. The predicted molar refractivity (Wildman–Crippen MR) is 146 cm³/mol. The molecule has 0 unspecified atom stereocenters. The smallest absolute Gasteiger partial charge is 0.196 e. The SMILES string of the molecule is COc1ccc(C(=O)c2ccccc2)c(O)c1.COc1cccc(-c2cc(=O)c3ccc(OC)cc3o2)c1. The van der Waals surface area contributed by atoms with Crippen molar-refractivity contribution >= 4 is 16.8 Å². The summed E-state index contributed by atoms with van der Waals surface area (Å²) in [5.74, 6) is 2.10. The molecule has 0 saturated carbocycles. The van der Waals surface area contributed by atoms with E-state index in [4.69, 9.17) is 18.6 Å². The van der Waals surface area contributed by atoms with Gasteiger partial charge in [0.25, 0.3) is 0 Å². The average Bonchev–Trinajstić information content (AvgIpc) is 2.97. The summed E-state index contributed by atoms with van der Waals surface area (Å²) in [5.41, 5.74) is 2.03. The van der Waals surface area contributed by atoms with Crippen molar-refractivity contribution in [3.05, 3.63) is 118 Å². The molecule has 0 radical (unpaired) electrons. The number of ether oxygens (including phenoxy) is 3. The molecule has 5 rings (SSSR count). The van der Waals surface area contributed by atoms with E-state index in [1.165, 1.54) is 19.2 Å². The monoisotopic (exact) mass is 510 g/mol. The zero-order valence-electron chi connectivity index (χ0n) is 21.1. The molecule has 0 spiro atoms. The summed E-state index contributed by atoms with van der Waals surface area (Å²) in [6, 6.07) is 27.5. The quantitative estimate of drug-likeness (QED) is 0.275. The van der Waals surface area contributed by atoms with Gasteiger partial charge in [-0.15, -0.1) is 0 Å². The Balaban J connectivity index is 0.000000181. The molecule has 1 aromatic heterocycles. The first-order chi connectivity index (χ1) is 18.4. The van der Waals surface area contributed by atoms with Gasteiger partial charge in [-0.25, -0.2) is 0 Å². The molecule has 0 saturated heterocycles. The molecule has 7 nitrogen and oxygen atoms in total. The highest BCUT2D eigenvalue weighted by Crippen LogP contribution is 2.27. The van der Waals surface area contributed by atoms with Crippen LogP contribution in [0.15, 0.2) is 106 Å². The molecule has 1 heterocycles. The number of phenols is 1. The largest absolute Gasteiger partial charge is 0.507 e. The van der Waals surface area contributed by atoms with Crippen molar-refractivity contribution in [2.75, 3.05) is 21.3 Å². The summed E-state index contributed by atoms with van der Waals surface area (Å²) in [4.78, 5) is 24.3. The Morgan fingerprint density at radius 2 is 1.37 bits per heavy atom. The molecule has 38 heavy (non-hydrogen) atoms.